The third-order valence-electron chi connectivity index (χ3n) is 2.77. The molecule has 9 heteroatoms. The molecule has 2 N–H and O–H groups in total. The van der Waals surface area contributed by atoms with E-state index in [4.69, 9.17) is 0 Å². The molecule has 0 unspecified atom stereocenters. The van der Waals surface area contributed by atoms with Crippen LogP contribution in [0, 0.1) is 6.92 Å². The number of H-pyrrole nitrogens is 1. The second-order valence-corrected chi connectivity index (χ2v) is 5.98. The fourth-order valence-electron chi connectivity index (χ4n) is 1.77. The van der Waals surface area contributed by atoms with E-state index in [0.717, 1.165) is 5.69 Å². The third-order valence-corrected chi connectivity index (χ3v) is 4.06. The molecule has 108 valence electrons. The van der Waals surface area contributed by atoms with E-state index in [2.05, 4.69) is 24.8 Å². The second kappa shape index (κ2) is 5.02. The molecule has 0 fully saturated rings. The van der Waals surface area contributed by atoms with Gasteiger partial charge in [0, 0.05) is 5.69 Å². The Balaban J connectivity index is 1.82. The van der Waals surface area contributed by atoms with Gasteiger partial charge in [-0.2, -0.15) is 13.5 Å². The predicted octanol–water partition coefficient (Wildman–Crippen LogP) is 1.10. The number of anilines is 1. The van der Waals surface area contributed by atoms with Gasteiger partial charge in [0.05, 0.1) is 11.9 Å². The Morgan fingerprint density at radius 3 is 2.57 bits per heavy atom. The van der Waals surface area contributed by atoms with Gasteiger partial charge in [0.1, 0.15) is 18.5 Å². The van der Waals surface area contributed by atoms with Crippen LogP contribution in [0.2, 0.25) is 0 Å². The van der Waals surface area contributed by atoms with Crippen LogP contribution in [-0.2, 0) is 10.0 Å². The van der Waals surface area contributed by atoms with Crippen LogP contribution >= 0.6 is 0 Å². The summed E-state index contributed by atoms with van der Waals surface area (Å²) in [5.74, 6) is 0.539. The number of nitrogens with one attached hydrogen (secondary N) is 2. The number of aromatic amines is 1. The Hall–Kier alpha value is -2.68. The molecule has 0 saturated heterocycles. The number of aryl methyl sites for hydroxylation is 1. The first kappa shape index (κ1) is 13.3. The lowest BCUT2D eigenvalue weighted by Gasteiger charge is -2.07. The second-order valence-electron chi connectivity index (χ2n) is 4.33. The highest BCUT2D eigenvalue weighted by Gasteiger charge is 2.16. The maximum Gasteiger partial charge on any atom is 0.278 e. The molecular weight excluding hydrogens is 292 g/mol. The highest BCUT2D eigenvalue weighted by Crippen LogP contribution is 2.16. The molecule has 0 aliphatic rings. The van der Waals surface area contributed by atoms with E-state index in [0.29, 0.717) is 11.5 Å². The van der Waals surface area contributed by atoms with E-state index in [-0.39, 0.29) is 5.03 Å². The van der Waals surface area contributed by atoms with Crippen molar-refractivity contribution in [1.82, 2.24) is 24.7 Å². The number of sulfonamides is 1. The van der Waals surface area contributed by atoms with Crippen molar-refractivity contribution in [2.24, 2.45) is 0 Å². The molecule has 0 aliphatic carbocycles. The number of rotatable bonds is 4. The maximum atomic E-state index is 12.1. The van der Waals surface area contributed by atoms with Crippen LogP contribution in [-0.4, -0.2) is 33.2 Å². The van der Waals surface area contributed by atoms with Crippen LogP contribution in [0.4, 0.5) is 5.69 Å². The highest BCUT2D eigenvalue weighted by molar-refractivity contribution is 7.92. The summed E-state index contributed by atoms with van der Waals surface area (Å²) in [6.45, 7) is 1.69. The number of hydrogen-bond acceptors (Lipinski definition) is 5. The van der Waals surface area contributed by atoms with Crippen LogP contribution in [0.25, 0.3) is 5.69 Å². The topological polar surface area (TPSA) is 106 Å². The molecule has 0 amide bonds. The molecule has 3 rings (SSSR count). The fourth-order valence-corrected chi connectivity index (χ4v) is 2.80. The standard InChI is InChI=1S/C12H12N6O2S/c1-9-14-6-12(16-9)21(19,20)17-10-2-4-11(5-3-10)18-8-13-7-15-18/h2-8,17H,1H3,(H,14,16). The summed E-state index contributed by atoms with van der Waals surface area (Å²) in [5.41, 5.74) is 1.24. The first-order valence-corrected chi connectivity index (χ1v) is 7.52. The van der Waals surface area contributed by atoms with Crippen molar-refractivity contribution in [2.75, 3.05) is 4.72 Å². The summed E-state index contributed by atoms with van der Waals surface area (Å²) in [5, 5.41) is 4.02. The Kier molecular flexibility index (Phi) is 3.18. The fraction of sp³-hybridized carbons (Fsp3) is 0.0833. The summed E-state index contributed by atoms with van der Waals surface area (Å²) in [6, 6.07) is 6.78. The number of imidazole rings is 1. The average molecular weight is 304 g/mol. The zero-order chi connectivity index (χ0) is 14.9. The van der Waals surface area contributed by atoms with E-state index >= 15 is 0 Å². The van der Waals surface area contributed by atoms with Crippen molar-refractivity contribution in [3.05, 3.63) is 48.9 Å². The Morgan fingerprint density at radius 2 is 2.00 bits per heavy atom. The Labute approximate surface area is 120 Å². The number of aromatic nitrogens is 5. The lowest BCUT2D eigenvalue weighted by Crippen LogP contribution is -2.13. The largest absolute Gasteiger partial charge is 0.332 e. The summed E-state index contributed by atoms with van der Waals surface area (Å²) >= 11 is 0. The highest BCUT2D eigenvalue weighted by atomic mass is 32.2. The Bertz CT molecular complexity index is 836. The molecule has 0 bridgehead atoms. The minimum atomic E-state index is -3.66. The van der Waals surface area contributed by atoms with Crippen molar-refractivity contribution < 1.29 is 8.42 Å². The quantitative estimate of drug-likeness (QED) is 0.751. The summed E-state index contributed by atoms with van der Waals surface area (Å²) in [7, 11) is -3.66. The summed E-state index contributed by atoms with van der Waals surface area (Å²) in [6.07, 6.45) is 4.27. The smallest absolute Gasteiger partial charge is 0.278 e. The van der Waals surface area contributed by atoms with E-state index in [1.165, 1.54) is 12.5 Å². The molecule has 0 atom stereocenters. The zero-order valence-electron chi connectivity index (χ0n) is 11.1. The van der Waals surface area contributed by atoms with Crippen molar-refractivity contribution >= 4 is 15.7 Å². The zero-order valence-corrected chi connectivity index (χ0v) is 11.9. The lowest BCUT2D eigenvalue weighted by molar-refractivity contribution is 0.598. The minimum absolute atomic E-state index is 0.0281. The van der Waals surface area contributed by atoms with Crippen LogP contribution in [0.3, 0.4) is 0 Å². The van der Waals surface area contributed by atoms with Gasteiger partial charge in [0.15, 0.2) is 5.03 Å². The van der Waals surface area contributed by atoms with Crippen LogP contribution in [0.15, 0.2) is 48.1 Å². The van der Waals surface area contributed by atoms with Crippen molar-refractivity contribution in [3.63, 3.8) is 0 Å². The van der Waals surface area contributed by atoms with Crippen molar-refractivity contribution in [1.29, 1.82) is 0 Å². The van der Waals surface area contributed by atoms with Gasteiger partial charge in [-0.15, -0.1) is 0 Å². The van der Waals surface area contributed by atoms with Gasteiger partial charge >= 0.3 is 0 Å². The van der Waals surface area contributed by atoms with Gasteiger partial charge < -0.3 is 4.98 Å². The third kappa shape index (κ3) is 2.77. The van der Waals surface area contributed by atoms with Gasteiger partial charge in [-0.3, -0.25) is 4.72 Å². The number of hydrogen-bond donors (Lipinski definition) is 2. The van der Waals surface area contributed by atoms with E-state index in [9.17, 15) is 8.42 Å². The van der Waals surface area contributed by atoms with Crippen LogP contribution < -0.4 is 4.72 Å². The Morgan fingerprint density at radius 1 is 1.24 bits per heavy atom. The normalized spacial score (nSPS) is 11.5. The van der Waals surface area contributed by atoms with Crippen molar-refractivity contribution in [2.45, 2.75) is 11.9 Å². The molecule has 0 radical (unpaired) electrons. The van der Waals surface area contributed by atoms with Gasteiger partial charge in [0.25, 0.3) is 10.0 Å². The first-order valence-electron chi connectivity index (χ1n) is 6.04. The molecule has 0 spiro atoms. The molecular formula is C12H12N6O2S. The molecule has 1 aromatic carbocycles. The van der Waals surface area contributed by atoms with Crippen LogP contribution in [0.5, 0.6) is 0 Å². The molecule has 0 aliphatic heterocycles. The molecule has 0 saturated carbocycles. The monoisotopic (exact) mass is 304 g/mol. The van der Waals surface area contributed by atoms with Gasteiger partial charge in [0.2, 0.25) is 0 Å². The number of nitrogens with zero attached hydrogens (tertiary/aromatic N) is 4. The summed E-state index contributed by atoms with van der Waals surface area (Å²) < 4.78 is 28.3. The molecule has 2 heterocycles. The van der Waals surface area contributed by atoms with Gasteiger partial charge in [-0.05, 0) is 31.2 Å². The predicted molar refractivity (Wildman–Crippen MR) is 75.5 cm³/mol. The van der Waals surface area contributed by atoms with Crippen molar-refractivity contribution in [3.8, 4) is 5.69 Å². The molecule has 8 nitrogen and oxygen atoms in total. The van der Waals surface area contributed by atoms with E-state index in [1.807, 2.05) is 0 Å². The van der Waals surface area contributed by atoms with E-state index in [1.54, 1.807) is 42.2 Å². The minimum Gasteiger partial charge on any atom is -0.332 e. The lowest BCUT2D eigenvalue weighted by atomic mass is 10.3. The summed E-state index contributed by atoms with van der Waals surface area (Å²) in [4.78, 5) is 10.4. The SMILES string of the molecule is Cc1ncc(S(=O)(=O)Nc2ccc(-n3cncn3)cc2)[nH]1. The molecule has 21 heavy (non-hydrogen) atoms. The number of benzene rings is 1. The van der Waals surface area contributed by atoms with Gasteiger partial charge in [-0.1, -0.05) is 0 Å². The maximum absolute atomic E-state index is 12.1. The van der Waals surface area contributed by atoms with Gasteiger partial charge in [-0.25, -0.2) is 14.6 Å². The first-order chi connectivity index (χ1) is 10.0. The molecule has 3 aromatic rings. The van der Waals surface area contributed by atoms with E-state index < -0.39 is 10.0 Å². The average Bonchev–Trinajstić information content (AvgIpc) is 3.10. The molecule has 2 aromatic heterocycles. The van der Waals surface area contributed by atoms with Crippen LogP contribution in [0.1, 0.15) is 5.82 Å².